The van der Waals surface area contributed by atoms with Crippen molar-refractivity contribution in [2.75, 3.05) is 0 Å². The van der Waals surface area contributed by atoms with E-state index in [2.05, 4.69) is 0 Å². The fourth-order valence-corrected chi connectivity index (χ4v) is 1.67. The molecule has 0 aliphatic carbocycles. The molecule has 0 aliphatic heterocycles. The van der Waals surface area contributed by atoms with Crippen molar-refractivity contribution in [3.63, 3.8) is 0 Å². The van der Waals surface area contributed by atoms with Gasteiger partial charge in [0, 0.05) is 5.56 Å². The fraction of sp³-hybridized carbons (Fsp3) is 0.538. The molecule has 0 unspecified atom stereocenters. The molecular weight excluding hydrogens is 194 g/mol. The molecule has 0 heterocycles. The maximum Gasteiger partial charge on any atom is 0.264 e. The lowest BCUT2D eigenvalue weighted by Gasteiger charge is -2.15. The second-order valence-electron chi connectivity index (χ2n) is 4.50. The van der Waals surface area contributed by atoms with E-state index in [1.54, 1.807) is 6.07 Å². The summed E-state index contributed by atoms with van der Waals surface area (Å²) in [4.78, 5) is 0. The molecule has 0 amide bonds. The first-order chi connectivity index (χ1) is 6.93. The Morgan fingerprint density at radius 2 is 1.47 bits per heavy atom. The van der Waals surface area contributed by atoms with Crippen LogP contribution in [0, 0.1) is 0 Å². The van der Waals surface area contributed by atoms with Crippen LogP contribution in [0.1, 0.15) is 62.6 Å². The van der Waals surface area contributed by atoms with Gasteiger partial charge in [0.05, 0.1) is 0 Å². The maximum atomic E-state index is 12.8. The Morgan fingerprint density at radius 3 is 1.87 bits per heavy atom. The third-order valence-corrected chi connectivity index (χ3v) is 2.63. The Kier molecular flexibility index (Phi) is 3.83. The minimum absolute atomic E-state index is 0.148. The number of alkyl halides is 2. The summed E-state index contributed by atoms with van der Waals surface area (Å²) in [6, 6.07) is 5.43. The van der Waals surface area contributed by atoms with Crippen LogP contribution in [0.2, 0.25) is 0 Å². The summed E-state index contributed by atoms with van der Waals surface area (Å²) in [5, 5.41) is 0. The lowest BCUT2D eigenvalue weighted by Crippen LogP contribution is -1.99. The van der Waals surface area contributed by atoms with Crippen LogP contribution in [0.15, 0.2) is 18.2 Å². The van der Waals surface area contributed by atoms with Crippen LogP contribution in [0.4, 0.5) is 8.78 Å². The molecule has 84 valence electrons. The molecule has 0 saturated carbocycles. The molecule has 0 aromatic heterocycles. The number of halogens is 2. The lowest BCUT2D eigenvalue weighted by molar-refractivity contribution is 0.149. The van der Waals surface area contributed by atoms with Crippen molar-refractivity contribution in [3.8, 4) is 0 Å². The molecule has 0 aliphatic rings. The van der Waals surface area contributed by atoms with Gasteiger partial charge in [-0.1, -0.05) is 39.8 Å². The van der Waals surface area contributed by atoms with E-state index in [0.29, 0.717) is 5.92 Å². The van der Waals surface area contributed by atoms with Crippen molar-refractivity contribution >= 4 is 0 Å². The first-order valence-electron chi connectivity index (χ1n) is 5.35. The fourth-order valence-electron chi connectivity index (χ4n) is 1.67. The van der Waals surface area contributed by atoms with Gasteiger partial charge in [-0.05, 0) is 29.0 Å². The number of benzene rings is 1. The summed E-state index contributed by atoms with van der Waals surface area (Å²) in [6.45, 7) is 7.91. The minimum Gasteiger partial charge on any atom is -0.205 e. The highest BCUT2D eigenvalue weighted by Gasteiger charge is 2.16. The average molecular weight is 212 g/mol. The molecule has 0 spiro atoms. The van der Waals surface area contributed by atoms with Gasteiger partial charge in [-0.2, -0.15) is 0 Å². The largest absolute Gasteiger partial charge is 0.264 e. The minimum atomic E-state index is -2.37. The third-order valence-electron chi connectivity index (χ3n) is 2.63. The van der Waals surface area contributed by atoms with E-state index in [1.807, 2.05) is 39.8 Å². The number of hydrogen-bond donors (Lipinski definition) is 0. The topological polar surface area (TPSA) is 0 Å². The molecule has 0 radical (unpaired) electrons. The van der Waals surface area contributed by atoms with Crippen molar-refractivity contribution in [2.24, 2.45) is 0 Å². The molecule has 0 atom stereocenters. The summed E-state index contributed by atoms with van der Waals surface area (Å²) < 4.78 is 25.7. The maximum absolute atomic E-state index is 12.8. The van der Waals surface area contributed by atoms with E-state index in [4.69, 9.17) is 0 Å². The van der Waals surface area contributed by atoms with E-state index in [-0.39, 0.29) is 11.5 Å². The van der Waals surface area contributed by atoms with Gasteiger partial charge in [0.25, 0.3) is 6.43 Å². The Balaban J connectivity index is 3.21. The van der Waals surface area contributed by atoms with Gasteiger partial charge in [-0.15, -0.1) is 0 Å². The zero-order valence-corrected chi connectivity index (χ0v) is 9.72. The van der Waals surface area contributed by atoms with Gasteiger partial charge >= 0.3 is 0 Å². The van der Waals surface area contributed by atoms with Gasteiger partial charge in [-0.3, -0.25) is 0 Å². The molecule has 2 heteroatoms. The van der Waals surface area contributed by atoms with Crippen LogP contribution in [-0.4, -0.2) is 0 Å². The normalized spacial score (nSPS) is 11.8. The van der Waals surface area contributed by atoms with Crippen LogP contribution < -0.4 is 0 Å². The first-order valence-corrected chi connectivity index (χ1v) is 5.35. The van der Waals surface area contributed by atoms with Crippen molar-refractivity contribution < 1.29 is 8.78 Å². The lowest BCUT2D eigenvalue weighted by atomic mass is 9.92. The summed E-state index contributed by atoms with van der Waals surface area (Å²) >= 11 is 0. The van der Waals surface area contributed by atoms with E-state index >= 15 is 0 Å². The highest BCUT2D eigenvalue weighted by molar-refractivity contribution is 5.36. The average Bonchev–Trinajstić information content (AvgIpc) is 2.16. The zero-order valence-electron chi connectivity index (χ0n) is 9.72. The summed E-state index contributed by atoms with van der Waals surface area (Å²) in [6.07, 6.45) is -2.37. The predicted octanol–water partition coefficient (Wildman–Crippen LogP) is 4.87. The van der Waals surface area contributed by atoms with Crippen LogP contribution in [0.5, 0.6) is 0 Å². The molecular formula is C13H18F2. The Bertz CT molecular complexity index is 327. The van der Waals surface area contributed by atoms with Crippen LogP contribution in [-0.2, 0) is 0 Å². The molecule has 1 aromatic carbocycles. The first kappa shape index (κ1) is 12.2. The molecule has 0 bridgehead atoms. The third kappa shape index (κ3) is 2.77. The Hall–Kier alpha value is -0.920. The molecule has 0 nitrogen and oxygen atoms in total. The van der Waals surface area contributed by atoms with E-state index in [0.717, 1.165) is 11.1 Å². The summed E-state index contributed by atoms with van der Waals surface area (Å²) in [5.41, 5.74) is 1.93. The van der Waals surface area contributed by atoms with Gasteiger partial charge in [0.1, 0.15) is 0 Å². The van der Waals surface area contributed by atoms with Gasteiger partial charge < -0.3 is 0 Å². The van der Waals surface area contributed by atoms with Crippen LogP contribution >= 0.6 is 0 Å². The number of hydrogen-bond acceptors (Lipinski definition) is 0. The Morgan fingerprint density at radius 1 is 0.867 bits per heavy atom. The summed E-state index contributed by atoms with van der Waals surface area (Å²) in [7, 11) is 0. The van der Waals surface area contributed by atoms with Gasteiger partial charge in [0.15, 0.2) is 0 Å². The Labute approximate surface area is 90.3 Å². The SMILES string of the molecule is CC(C)c1ccc(C(C)C)c(C(F)F)c1. The van der Waals surface area contributed by atoms with Crippen molar-refractivity contribution in [1.82, 2.24) is 0 Å². The second-order valence-corrected chi connectivity index (χ2v) is 4.50. The molecule has 1 aromatic rings. The standard InChI is InChI=1S/C13H18F2/c1-8(2)10-5-6-11(9(3)4)12(7-10)13(14)15/h5-9,13H,1-4H3. The van der Waals surface area contributed by atoms with Crippen LogP contribution in [0.3, 0.4) is 0 Å². The molecule has 0 saturated heterocycles. The predicted molar refractivity (Wildman–Crippen MR) is 59.6 cm³/mol. The summed E-state index contributed by atoms with van der Waals surface area (Å²) in [5.74, 6) is 0.443. The van der Waals surface area contributed by atoms with E-state index in [9.17, 15) is 8.78 Å². The molecule has 1 rings (SSSR count). The highest BCUT2D eigenvalue weighted by atomic mass is 19.3. The second kappa shape index (κ2) is 4.73. The molecule has 0 fully saturated rings. The van der Waals surface area contributed by atoms with Crippen molar-refractivity contribution in [3.05, 3.63) is 34.9 Å². The van der Waals surface area contributed by atoms with Crippen LogP contribution in [0.25, 0.3) is 0 Å². The molecule has 0 N–H and O–H groups in total. The van der Waals surface area contributed by atoms with Crippen molar-refractivity contribution in [1.29, 1.82) is 0 Å². The van der Waals surface area contributed by atoms with E-state index < -0.39 is 6.43 Å². The quantitative estimate of drug-likeness (QED) is 0.670. The smallest absolute Gasteiger partial charge is 0.205 e. The van der Waals surface area contributed by atoms with Crippen molar-refractivity contribution in [2.45, 2.75) is 46.0 Å². The van der Waals surface area contributed by atoms with Gasteiger partial charge in [-0.25, -0.2) is 8.78 Å². The number of rotatable bonds is 3. The zero-order chi connectivity index (χ0) is 11.6. The monoisotopic (exact) mass is 212 g/mol. The van der Waals surface area contributed by atoms with E-state index in [1.165, 1.54) is 0 Å². The molecule has 15 heavy (non-hydrogen) atoms. The highest BCUT2D eigenvalue weighted by Crippen LogP contribution is 2.31. The van der Waals surface area contributed by atoms with Gasteiger partial charge in [0.2, 0.25) is 0 Å².